The normalized spacial score (nSPS) is 13.2. The van der Waals surface area contributed by atoms with Crippen molar-refractivity contribution in [2.75, 3.05) is 6.54 Å². The molecular formula is C17H20N4O3. The lowest BCUT2D eigenvalue weighted by Gasteiger charge is -2.16. The Kier molecular flexibility index (Phi) is 4.79. The summed E-state index contributed by atoms with van der Waals surface area (Å²) in [6.45, 7) is 4.93. The van der Waals surface area contributed by atoms with E-state index >= 15 is 0 Å². The maximum absolute atomic E-state index is 12.5. The first-order chi connectivity index (χ1) is 11.7. The highest BCUT2D eigenvalue weighted by molar-refractivity contribution is 5.97. The van der Waals surface area contributed by atoms with Gasteiger partial charge >= 0.3 is 0 Å². The Morgan fingerprint density at radius 3 is 2.96 bits per heavy atom. The molecule has 2 amide bonds. The number of furan rings is 1. The van der Waals surface area contributed by atoms with Gasteiger partial charge in [0.2, 0.25) is 0 Å². The molecule has 126 valence electrons. The van der Waals surface area contributed by atoms with Gasteiger partial charge in [0.05, 0.1) is 18.5 Å². The van der Waals surface area contributed by atoms with Crippen LogP contribution in [0.15, 0.2) is 35.5 Å². The minimum atomic E-state index is -0.308. The van der Waals surface area contributed by atoms with Crippen molar-refractivity contribution in [1.82, 2.24) is 20.2 Å². The quantitative estimate of drug-likeness (QED) is 0.789. The molecule has 0 radical (unpaired) electrons. The third-order valence-corrected chi connectivity index (χ3v) is 3.95. The average Bonchev–Trinajstić information content (AvgIpc) is 3.25. The number of rotatable bonds is 6. The van der Waals surface area contributed by atoms with Crippen LogP contribution in [0, 0.1) is 0 Å². The molecule has 0 aromatic carbocycles. The summed E-state index contributed by atoms with van der Waals surface area (Å²) in [4.78, 5) is 29.1. The molecule has 2 aromatic rings. The first-order valence-electron chi connectivity index (χ1n) is 7.99. The van der Waals surface area contributed by atoms with Crippen molar-refractivity contribution in [1.29, 1.82) is 0 Å². The van der Waals surface area contributed by atoms with Crippen LogP contribution in [0.25, 0.3) is 0 Å². The second kappa shape index (κ2) is 7.16. The summed E-state index contributed by atoms with van der Waals surface area (Å²) >= 11 is 0. The molecule has 3 heterocycles. The molecule has 0 unspecified atom stereocenters. The number of aromatic nitrogens is 2. The highest BCUT2D eigenvalue weighted by Gasteiger charge is 2.27. The minimum Gasteiger partial charge on any atom is -0.467 e. The first kappa shape index (κ1) is 16.0. The van der Waals surface area contributed by atoms with Crippen LogP contribution in [0.1, 0.15) is 45.4 Å². The first-order valence-corrected chi connectivity index (χ1v) is 7.99. The SMILES string of the molecule is C=CCNC(=O)c1nc(C(=O)NCc2ccco2)n2c1CCCC2. The van der Waals surface area contributed by atoms with Crippen molar-refractivity contribution in [3.63, 3.8) is 0 Å². The van der Waals surface area contributed by atoms with Gasteiger partial charge in [-0.3, -0.25) is 9.59 Å². The molecule has 7 heteroatoms. The number of fused-ring (bicyclic) bond motifs is 1. The van der Waals surface area contributed by atoms with Crippen molar-refractivity contribution in [3.05, 3.63) is 54.0 Å². The van der Waals surface area contributed by atoms with E-state index in [1.165, 1.54) is 0 Å². The number of carbonyl (C=O) groups is 2. The molecule has 2 aromatic heterocycles. The molecule has 3 rings (SSSR count). The van der Waals surface area contributed by atoms with Crippen LogP contribution in [0.5, 0.6) is 0 Å². The van der Waals surface area contributed by atoms with Crippen LogP contribution in [0.3, 0.4) is 0 Å². The van der Waals surface area contributed by atoms with Crippen molar-refractivity contribution < 1.29 is 14.0 Å². The van der Waals surface area contributed by atoms with Gasteiger partial charge in [-0.2, -0.15) is 0 Å². The lowest BCUT2D eigenvalue weighted by atomic mass is 10.1. The largest absolute Gasteiger partial charge is 0.467 e. The maximum Gasteiger partial charge on any atom is 0.287 e. The van der Waals surface area contributed by atoms with Crippen LogP contribution in [-0.4, -0.2) is 27.9 Å². The van der Waals surface area contributed by atoms with Crippen molar-refractivity contribution in [2.24, 2.45) is 0 Å². The van der Waals surface area contributed by atoms with E-state index in [-0.39, 0.29) is 24.2 Å². The summed E-state index contributed by atoms with van der Waals surface area (Å²) in [7, 11) is 0. The standard InChI is InChI=1S/C17H20N4O3/c1-2-8-18-16(22)14-13-7-3-4-9-21(13)15(20-14)17(23)19-11-12-6-5-10-24-12/h2,5-6,10H,1,3-4,7-9,11H2,(H,18,22)(H,19,23). The molecule has 1 aliphatic rings. The predicted molar refractivity (Wildman–Crippen MR) is 87.6 cm³/mol. The highest BCUT2D eigenvalue weighted by Crippen LogP contribution is 2.21. The monoisotopic (exact) mass is 328 g/mol. The molecule has 0 bridgehead atoms. The summed E-state index contributed by atoms with van der Waals surface area (Å²) in [6.07, 6.45) is 5.87. The summed E-state index contributed by atoms with van der Waals surface area (Å²) in [5.41, 5.74) is 1.16. The second-order valence-corrected chi connectivity index (χ2v) is 5.60. The third kappa shape index (κ3) is 3.24. The molecule has 1 aliphatic heterocycles. The molecule has 24 heavy (non-hydrogen) atoms. The minimum absolute atomic E-state index is 0.273. The predicted octanol–water partition coefficient (Wildman–Crippen LogP) is 1.66. The van der Waals surface area contributed by atoms with Crippen LogP contribution < -0.4 is 10.6 Å². The molecule has 0 fully saturated rings. The Labute approximate surface area is 139 Å². The lowest BCUT2D eigenvalue weighted by Crippen LogP contribution is -2.27. The van der Waals surface area contributed by atoms with Gasteiger partial charge in [0, 0.05) is 13.1 Å². The van der Waals surface area contributed by atoms with E-state index < -0.39 is 0 Å². The Hall–Kier alpha value is -2.83. The molecular weight excluding hydrogens is 308 g/mol. The van der Waals surface area contributed by atoms with Gasteiger partial charge in [-0.1, -0.05) is 6.08 Å². The number of amides is 2. The smallest absolute Gasteiger partial charge is 0.287 e. The van der Waals surface area contributed by atoms with Crippen molar-refractivity contribution >= 4 is 11.8 Å². The van der Waals surface area contributed by atoms with Gasteiger partial charge < -0.3 is 19.6 Å². The zero-order chi connectivity index (χ0) is 16.9. The number of nitrogens with zero attached hydrogens (tertiary/aromatic N) is 2. The lowest BCUT2D eigenvalue weighted by molar-refractivity contribution is 0.0932. The van der Waals surface area contributed by atoms with Gasteiger partial charge in [0.15, 0.2) is 5.82 Å². The van der Waals surface area contributed by atoms with Crippen LogP contribution in [0.2, 0.25) is 0 Å². The fraction of sp³-hybridized carbons (Fsp3) is 0.353. The number of hydrogen-bond donors (Lipinski definition) is 2. The Morgan fingerprint density at radius 2 is 2.21 bits per heavy atom. The Bertz CT molecular complexity index is 746. The molecule has 0 atom stereocenters. The van der Waals surface area contributed by atoms with E-state index in [0.29, 0.717) is 24.5 Å². The number of carbonyl (C=O) groups excluding carboxylic acids is 2. The Balaban J connectivity index is 1.81. The van der Waals surface area contributed by atoms with E-state index in [0.717, 1.165) is 25.0 Å². The van der Waals surface area contributed by atoms with Crippen LogP contribution in [-0.2, 0) is 19.5 Å². The molecule has 2 N–H and O–H groups in total. The van der Waals surface area contributed by atoms with Crippen LogP contribution in [0.4, 0.5) is 0 Å². The second-order valence-electron chi connectivity index (χ2n) is 5.60. The molecule has 0 aliphatic carbocycles. The van der Waals surface area contributed by atoms with Crippen molar-refractivity contribution in [2.45, 2.75) is 32.4 Å². The van der Waals surface area contributed by atoms with Gasteiger partial charge in [-0.25, -0.2) is 4.98 Å². The summed E-state index contributed by atoms with van der Waals surface area (Å²) in [5.74, 6) is 0.362. The third-order valence-electron chi connectivity index (χ3n) is 3.95. The molecule has 7 nitrogen and oxygen atoms in total. The summed E-state index contributed by atoms with van der Waals surface area (Å²) in [5, 5.41) is 5.51. The highest BCUT2D eigenvalue weighted by atomic mass is 16.3. The zero-order valence-electron chi connectivity index (χ0n) is 13.4. The van der Waals surface area contributed by atoms with Gasteiger partial charge in [0.1, 0.15) is 11.5 Å². The van der Waals surface area contributed by atoms with E-state index in [1.807, 2.05) is 4.57 Å². The Morgan fingerprint density at radius 1 is 1.33 bits per heavy atom. The molecule has 0 spiro atoms. The van der Waals surface area contributed by atoms with Gasteiger partial charge in [-0.05, 0) is 31.4 Å². The van der Waals surface area contributed by atoms with Gasteiger partial charge in [-0.15, -0.1) is 6.58 Å². The zero-order valence-corrected chi connectivity index (χ0v) is 13.4. The molecule has 0 saturated carbocycles. The van der Waals surface area contributed by atoms with E-state index in [4.69, 9.17) is 4.42 Å². The fourth-order valence-electron chi connectivity index (χ4n) is 2.81. The van der Waals surface area contributed by atoms with Crippen molar-refractivity contribution in [3.8, 4) is 0 Å². The number of imidazole rings is 1. The topological polar surface area (TPSA) is 89.2 Å². The summed E-state index contributed by atoms with van der Waals surface area (Å²) < 4.78 is 7.06. The maximum atomic E-state index is 12.5. The summed E-state index contributed by atoms with van der Waals surface area (Å²) in [6, 6.07) is 3.55. The number of hydrogen-bond acceptors (Lipinski definition) is 4. The van der Waals surface area contributed by atoms with E-state index in [2.05, 4.69) is 22.2 Å². The fourth-order valence-corrected chi connectivity index (χ4v) is 2.81. The average molecular weight is 328 g/mol. The number of nitrogens with one attached hydrogen (secondary N) is 2. The molecule has 0 saturated heterocycles. The van der Waals surface area contributed by atoms with E-state index in [9.17, 15) is 9.59 Å². The van der Waals surface area contributed by atoms with Gasteiger partial charge in [0.25, 0.3) is 11.8 Å². The van der Waals surface area contributed by atoms with Crippen LogP contribution >= 0.6 is 0 Å². The van der Waals surface area contributed by atoms with E-state index in [1.54, 1.807) is 24.5 Å².